The minimum atomic E-state index is 0.289. The Labute approximate surface area is 98.4 Å². The van der Waals surface area contributed by atoms with Crippen LogP contribution in [0.2, 0.25) is 0 Å². The number of para-hydroxylation sites is 1. The highest BCUT2D eigenvalue weighted by molar-refractivity contribution is 5.49. The molecule has 5 heteroatoms. The topological polar surface area (TPSA) is 56.3 Å². The molecule has 0 spiro atoms. The fourth-order valence-electron chi connectivity index (χ4n) is 1.71. The molecule has 86 valence electrons. The van der Waals surface area contributed by atoms with E-state index in [1.54, 1.807) is 18.6 Å². The summed E-state index contributed by atoms with van der Waals surface area (Å²) in [7, 11) is 0. The number of anilines is 1. The molecule has 0 bridgehead atoms. The average molecular weight is 229 g/mol. The van der Waals surface area contributed by atoms with Crippen LogP contribution in [0, 0.1) is 0 Å². The van der Waals surface area contributed by atoms with Crippen molar-refractivity contribution in [3.8, 4) is 11.5 Å². The van der Waals surface area contributed by atoms with Gasteiger partial charge >= 0.3 is 0 Å². The normalized spacial score (nSPS) is 12.5. The SMILES string of the molecule is c1cc(CNc2cnccn2)c2c(c1)OCO2. The largest absolute Gasteiger partial charge is 0.454 e. The van der Waals surface area contributed by atoms with Gasteiger partial charge in [-0.1, -0.05) is 12.1 Å². The smallest absolute Gasteiger partial charge is 0.231 e. The maximum absolute atomic E-state index is 5.42. The number of aromatic nitrogens is 2. The van der Waals surface area contributed by atoms with Crippen molar-refractivity contribution in [2.24, 2.45) is 0 Å². The van der Waals surface area contributed by atoms with E-state index in [0.717, 1.165) is 22.9 Å². The van der Waals surface area contributed by atoms with Gasteiger partial charge < -0.3 is 14.8 Å². The zero-order valence-electron chi connectivity index (χ0n) is 9.09. The van der Waals surface area contributed by atoms with E-state index < -0.39 is 0 Å². The molecular formula is C12H11N3O2. The lowest BCUT2D eigenvalue weighted by molar-refractivity contribution is 0.173. The van der Waals surface area contributed by atoms with Gasteiger partial charge in [0.15, 0.2) is 11.5 Å². The number of hydrogen-bond donors (Lipinski definition) is 1. The standard InChI is InChI=1S/C12H11N3O2/c1-2-9(12-10(3-1)16-8-17-12)6-15-11-7-13-4-5-14-11/h1-5,7H,6,8H2,(H,14,15). The van der Waals surface area contributed by atoms with E-state index in [1.807, 2.05) is 18.2 Å². The summed E-state index contributed by atoms with van der Waals surface area (Å²) in [5, 5.41) is 3.18. The summed E-state index contributed by atoms with van der Waals surface area (Å²) in [6, 6.07) is 5.84. The van der Waals surface area contributed by atoms with Crippen molar-refractivity contribution >= 4 is 5.82 Å². The van der Waals surface area contributed by atoms with Crippen molar-refractivity contribution in [3.05, 3.63) is 42.4 Å². The summed E-state index contributed by atoms with van der Waals surface area (Å²) >= 11 is 0. The van der Waals surface area contributed by atoms with Crippen LogP contribution in [0.15, 0.2) is 36.8 Å². The molecule has 5 nitrogen and oxygen atoms in total. The van der Waals surface area contributed by atoms with Crippen molar-refractivity contribution in [2.45, 2.75) is 6.54 Å². The van der Waals surface area contributed by atoms with E-state index in [4.69, 9.17) is 9.47 Å². The fourth-order valence-corrected chi connectivity index (χ4v) is 1.71. The predicted molar refractivity (Wildman–Crippen MR) is 61.9 cm³/mol. The molecule has 0 atom stereocenters. The molecule has 1 aromatic heterocycles. The van der Waals surface area contributed by atoms with Gasteiger partial charge in [-0.25, -0.2) is 4.98 Å². The minimum Gasteiger partial charge on any atom is -0.454 e. The molecule has 17 heavy (non-hydrogen) atoms. The van der Waals surface area contributed by atoms with Gasteiger partial charge in [0.2, 0.25) is 6.79 Å². The monoisotopic (exact) mass is 229 g/mol. The summed E-state index contributed by atoms with van der Waals surface area (Å²) in [6.07, 6.45) is 4.97. The van der Waals surface area contributed by atoms with Crippen molar-refractivity contribution in [2.75, 3.05) is 12.1 Å². The highest BCUT2D eigenvalue weighted by atomic mass is 16.7. The number of nitrogens with zero attached hydrogens (tertiary/aromatic N) is 2. The molecular weight excluding hydrogens is 218 g/mol. The summed E-state index contributed by atoms with van der Waals surface area (Å²) in [5.74, 6) is 2.34. The maximum atomic E-state index is 5.42. The molecule has 0 radical (unpaired) electrons. The van der Waals surface area contributed by atoms with Gasteiger partial charge in [0, 0.05) is 24.5 Å². The second-order valence-corrected chi connectivity index (χ2v) is 3.60. The van der Waals surface area contributed by atoms with Gasteiger partial charge in [-0.15, -0.1) is 0 Å². The first-order valence-corrected chi connectivity index (χ1v) is 5.31. The van der Waals surface area contributed by atoms with Crippen LogP contribution >= 0.6 is 0 Å². The van der Waals surface area contributed by atoms with Crippen LogP contribution in [-0.4, -0.2) is 16.8 Å². The summed E-state index contributed by atoms with van der Waals surface area (Å²) in [6.45, 7) is 0.919. The zero-order chi connectivity index (χ0) is 11.5. The third kappa shape index (κ3) is 1.99. The lowest BCUT2D eigenvalue weighted by Gasteiger charge is -2.07. The van der Waals surface area contributed by atoms with E-state index in [-0.39, 0.29) is 6.79 Å². The summed E-state index contributed by atoms with van der Waals surface area (Å²) in [5.41, 5.74) is 1.05. The van der Waals surface area contributed by atoms with Gasteiger partial charge in [-0.05, 0) is 6.07 Å². The molecule has 3 rings (SSSR count). The second-order valence-electron chi connectivity index (χ2n) is 3.60. The fraction of sp³-hybridized carbons (Fsp3) is 0.167. The van der Waals surface area contributed by atoms with Crippen LogP contribution in [0.25, 0.3) is 0 Å². The first kappa shape index (κ1) is 9.89. The molecule has 0 saturated carbocycles. The number of rotatable bonds is 3. The van der Waals surface area contributed by atoms with Crippen molar-refractivity contribution in [1.29, 1.82) is 0 Å². The van der Waals surface area contributed by atoms with E-state index in [9.17, 15) is 0 Å². The molecule has 1 aromatic carbocycles. The molecule has 0 saturated heterocycles. The van der Waals surface area contributed by atoms with Crippen LogP contribution < -0.4 is 14.8 Å². The first-order valence-electron chi connectivity index (χ1n) is 5.31. The van der Waals surface area contributed by atoms with Crippen LogP contribution in [0.1, 0.15) is 5.56 Å². The Hall–Kier alpha value is -2.30. The Morgan fingerprint density at radius 2 is 2.24 bits per heavy atom. The Balaban J connectivity index is 1.76. The van der Waals surface area contributed by atoms with E-state index in [2.05, 4.69) is 15.3 Å². The third-order valence-electron chi connectivity index (χ3n) is 2.50. The predicted octanol–water partition coefficient (Wildman–Crippen LogP) is 1.82. The van der Waals surface area contributed by atoms with E-state index in [0.29, 0.717) is 6.54 Å². The molecule has 0 unspecified atom stereocenters. The van der Waals surface area contributed by atoms with Gasteiger partial charge in [0.05, 0.1) is 6.20 Å². The molecule has 0 aliphatic carbocycles. The zero-order valence-corrected chi connectivity index (χ0v) is 9.09. The lowest BCUT2D eigenvalue weighted by Crippen LogP contribution is -2.02. The molecule has 0 amide bonds. The molecule has 1 N–H and O–H groups in total. The van der Waals surface area contributed by atoms with Crippen LogP contribution in [0.4, 0.5) is 5.82 Å². The van der Waals surface area contributed by atoms with Crippen LogP contribution in [0.5, 0.6) is 11.5 Å². The maximum Gasteiger partial charge on any atom is 0.231 e. The van der Waals surface area contributed by atoms with Crippen molar-refractivity contribution < 1.29 is 9.47 Å². The van der Waals surface area contributed by atoms with Gasteiger partial charge in [0.25, 0.3) is 0 Å². The number of benzene rings is 1. The number of fused-ring (bicyclic) bond motifs is 1. The Morgan fingerprint density at radius 1 is 1.24 bits per heavy atom. The van der Waals surface area contributed by atoms with Crippen molar-refractivity contribution in [1.82, 2.24) is 9.97 Å². The quantitative estimate of drug-likeness (QED) is 0.870. The van der Waals surface area contributed by atoms with E-state index >= 15 is 0 Å². The summed E-state index contributed by atoms with van der Waals surface area (Å²) in [4.78, 5) is 8.13. The minimum absolute atomic E-state index is 0.289. The Kier molecular flexibility index (Phi) is 2.50. The second kappa shape index (κ2) is 4.29. The average Bonchev–Trinajstić information content (AvgIpc) is 2.86. The highest BCUT2D eigenvalue weighted by Crippen LogP contribution is 2.35. The van der Waals surface area contributed by atoms with Gasteiger partial charge in [0.1, 0.15) is 5.82 Å². The van der Waals surface area contributed by atoms with Crippen LogP contribution in [0.3, 0.4) is 0 Å². The highest BCUT2D eigenvalue weighted by Gasteiger charge is 2.16. The lowest BCUT2D eigenvalue weighted by atomic mass is 10.2. The number of ether oxygens (including phenoxy) is 2. The van der Waals surface area contributed by atoms with Gasteiger partial charge in [-0.2, -0.15) is 0 Å². The molecule has 1 aliphatic rings. The van der Waals surface area contributed by atoms with Crippen molar-refractivity contribution in [3.63, 3.8) is 0 Å². The number of hydrogen-bond acceptors (Lipinski definition) is 5. The first-order chi connectivity index (χ1) is 8.43. The molecule has 2 heterocycles. The Bertz CT molecular complexity index is 516. The van der Waals surface area contributed by atoms with E-state index in [1.165, 1.54) is 0 Å². The molecule has 0 fully saturated rings. The Morgan fingerprint density at radius 3 is 3.12 bits per heavy atom. The molecule has 1 aliphatic heterocycles. The molecule has 2 aromatic rings. The van der Waals surface area contributed by atoms with Crippen LogP contribution in [-0.2, 0) is 6.54 Å². The van der Waals surface area contributed by atoms with Gasteiger partial charge in [-0.3, -0.25) is 4.98 Å². The number of nitrogens with one attached hydrogen (secondary N) is 1. The summed E-state index contributed by atoms with van der Waals surface area (Å²) < 4.78 is 10.7. The third-order valence-corrected chi connectivity index (χ3v) is 2.50.